The first-order valence-electron chi connectivity index (χ1n) is 5.07. The van der Waals surface area contributed by atoms with Gasteiger partial charge in [0.2, 0.25) is 0 Å². The van der Waals surface area contributed by atoms with E-state index in [0.717, 1.165) is 0 Å². The Balaban J connectivity index is 0.00000162. The molecule has 0 heterocycles. The number of benzene rings is 2. The van der Waals surface area contributed by atoms with Crippen molar-refractivity contribution in [2.75, 3.05) is 7.11 Å². The van der Waals surface area contributed by atoms with Gasteiger partial charge in [-0.3, -0.25) is 0 Å². The molecule has 0 atom stereocenters. The molecule has 2 aromatic carbocycles. The minimum Gasteiger partial charge on any atom is -0.497 e. The summed E-state index contributed by atoms with van der Waals surface area (Å²) in [5.41, 5.74) is 4.26. The van der Waals surface area contributed by atoms with Gasteiger partial charge in [0.25, 0.3) is 0 Å². The summed E-state index contributed by atoms with van der Waals surface area (Å²) < 4.78 is 31.8. The molecule has 3 N–H and O–H groups in total. The van der Waals surface area contributed by atoms with Crippen molar-refractivity contribution >= 4 is 5.69 Å². The van der Waals surface area contributed by atoms with Crippen molar-refractivity contribution in [3.63, 3.8) is 0 Å². The summed E-state index contributed by atoms with van der Waals surface area (Å²) in [6.07, 6.45) is 0. The standard InChI is InChI=1S/C13H11F2NO.CH3/c1-17-10-4-2-3-8(5-10)9-6-11(14)13(16)12(15)7-9;/h2-7H,16H2,1H3;1H3/q;-1/p+1. The number of quaternary nitrogens is 1. The molecule has 0 saturated carbocycles. The van der Waals surface area contributed by atoms with Gasteiger partial charge in [-0.25, -0.2) is 8.78 Å². The Kier molecular flexibility index (Phi) is 4.39. The third kappa shape index (κ3) is 2.65. The highest BCUT2D eigenvalue weighted by molar-refractivity contribution is 5.66. The number of hydrogen-bond acceptors (Lipinski definition) is 1. The van der Waals surface area contributed by atoms with Crippen LogP contribution < -0.4 is 10.5 Å². The van der Waals surface area contributed by atoms with Gasteiger partial charge < -0.3 is 17.9 Å². The smallest absolute Gasteiger partial charge is 0.200 e. The van der Waals surface area contributed by atoms with Gasteiger partial charge in [-0.1, -0.05) is 12.1 Å². The van der Waals surface area contributed by atoms with Gasteiger partial charge in [-0.15, -0.1) is 0 Å². The van der Waals surface area contributed by atoms with E-state index >= 15 is 0 Å². The topological polar surface area (TPSA) is 36.9 Å². The molecule has 2 rings (SSSR count). The first-order chi connectivity index (χ1) is 8.11. The van der Waals surface area contributed by atoms with Gasteiger partial charge in [0.15, 0.2) is 17.3 Å². The molecule has 0 aromatic heterocycles. The maximum Gasteiger partial charge on any atom is 0.200 e. The molecule has 96 valence electrons. The summed E-state index contributed by atoms with van der Waals surface area (Å²) in [7, 11) is 1.54. The predicted molar refractivity (Wildman–Crippen MR) is 67.3 cm³/mol. The number of rotatable bonds is 2. The molecule has 0 radical (unpaired) electrons. The van der Waals surface area contributed by atoms with Crippen LogP contribution in [0.25, 0.3) is 11.1 Å². The van der Waals surface area contributed by atoms with E-state index in [1.807, 2.05) is 0 Å². The molecular weight excluding hydrogens is 236 g/mol. The van der Waals surface area contributed by atoms with E-state index in [9.17, 15) is 8.78 Å². The lowest BCUT2D eigenvalue weighted by molar-refractivity contribution is -0.262. The van der Waals surface area contributed by atoms with E-state index in [4.69, 9.17) is 4.74 Å². The molecule has 0 aliphatic carbocycles. The van der Waals surface area contributed by atoms with Gasteiger partial charge >= 0.3 is 0 Å². The molecule has 2 nitrogen and oxygen atoms in total. The summed E-state index contributed by atoms with van der Waals surface area (Å²) in [5.74, 6) is -0.660. The lowest BCUT2D eigenvalue weighted by Gasteiger charge is -2.05. The summed E-state index contributed by atoms with van der Waals surface area (Å²) >= 11 is 0. The molecular formula is C14H15F2NO. The zero-order valence-electron chi connectivity index (χ0n) is 10.3. The van der Waals surface area contributed by atoms with Gasteiger partial charge in [-0.05, 0) is 35.4 Å². The minimum atomic E-state index is -0.650. The first kappa shape index (κ1) is 14.1. The van der Waals surface area contributed by atoms with Gasteiger partial charge in [0.1, 0.15) is 5.75 Å². The molecule has 18 heavy (non-hydrogen) atoms. The van der Waals surface area contributed by atoms with Crippen molar-refractivity contribution in [3.05, 3.63) is 55.5 Å². The van der Waals surface area contributed by atoms with Crippen molar-refractivity contribution in [1.82, 2.24) is 0 Å². The molecule has 0 amide bonds. The molecule has 0 unspecified atom stereocenters. The first-order valence-corrected chi connectivity index (χ1v) is 5.07. The Hall–Kier alpha value is -1.94. The molecule has 2 aromatic rings. The van der Waals surface area contributed by atoms with Crippen molar-refractivity contribution in [2.45, 2.75) is 0 Å². The van der Waals surface area contributed by atoms with Gasteiger partial charge in [0, 0.05) is 0 Å². The van der Waals surface area contributed by atoms with Crippen LogP contribution in [-0.4, -0.2) is 7.11 Å². The quantitative estimate of drug-likeness (QED) is 0.818. The normalized spacial score (nSPS) is 9.78. The molecule has 0 saturated heterocycles. The summed E-state index contributed by atoms with van der Waals surface area (Å²) in [4.78, 5) is 0. The highest BCUT2D eigenvalue weighted by atomic mass is 19.1. The van der Waals surface area contributed by atoms with Crippen molar-refractivity contribution in [3.8, 4) is 16.9 Å². The van der Waals surface area contributed by atoms with Crippen LogP contribution in [0.1, 0.15) is 0 Å². The second-order valence-corrected chi connectivity index (χ2v) is 3.65. The molecule has 0 spiro atoms. The molecule has 0 fully saturated rings. The fraction of sp³-hybridized carbons (Fsp3) is 0.0714. The average molecular weight is 251 g/mol. The minimum absolute atomic E-state index is 0. The van der Waals surface area contributed by atoms with Crippen molar-refractivity contribution in [1.29, 1.82) is 0 Å². The van der Waals surface area contributed by atoms with Crippen LogP contribution in [0.3, 0.4) is 0 Å². The van der Waals surface area contributed by atoms with Crippen molar-refractivity contribution < 1.29 is 19.3 Å². The Bertz CT molecular complexity index is 532. The van der Waals surface area contributed by atoms with Crippen molar-refractivity contribution in [2.24, 2.45) is 0 Å². The maximum absolute atomic E-state index is 13.4. The lowest BCUT2D eigenvalue weighted by atomic mass is 10.0. The monoisotopic (exact) mass is 251 g/mol. The second-order valence-electron chi connectivity index (χ2n) is 3.65. The van der Waals surface area contributed by atoms with Crippen LogP contribution in [0.4, 0.5) is 14.5 Å². The number of methoxy groups -OCH3 is 1. The predicted octanol–water partition coefficient (Wildman–Crippen LogP) is 2.96. The van der Waals surface area contributed by atoms with E-state index in [1.54, 1.807) is 31.4 Å². The molecule has 0 aliphatic heterocycles. The van der Waals surface area contributed by atoms with E-state index in [0.29, 0.717) is 16.9 Å². The van der Waals surface area contributed by atoms with Crippen LogP contribution in [-0.2, 0) is 0 Å². The fourth-order valence-electron chi connectivity index (χ4n) is 1.57. The summed E-state index contributed by atoms with van der Waals surface area (Å²) in [6.45, 7) is 0. The van der Waals surface area contributed by atoms with Crippen LogP contribution in [0.5, 0.6) is 5.75 Å². The summed E-state index contributed by atoms with van der Waals surface area (Å²) in [5, 5.41) is 0. The Morgan fingerprint density at radius 2 is 1.61 bits per heavy atom. The maximum atomic E-state index is 13.4. The molecule has 4 heteroatoms. The molecule has 0 aliphatic rings. The zero-order valence-corrected chi connectivity index (χ0v) is 10.3. The van der Waals surface area contributed by atoms with E-state index in [-0.39, 0.29) is 13.1 Å². The number of halogens is 2. The average Bonchev–Trinajstić information content (AvgIpc) is 2.35. The zero-order chi connectivity index (χ0) is 12.4. The Labute approximate surface area is 105 Å². The van der Waals surface area contributed by atoms with Crippen LogP contribution in [0, 0.1) is 19.1 Å². The Morgan fingerprint density at radius 1 is 1.00 bits per heavy atom. The Morgan fingerprint density at radius 3 is 2.17 bits per heavy atom. The molecule has 0 bridgehead atoms. The van der Waals surface area contributed by atoms with Crippen LogP contribution in [0.2, 0.25) is 0 Å². The lowest BCUT2D eigenvalue weighted by Crippen LogP contribution is -2.42. The number of hydrogen-bond donors (Lipinski definition) is 1. The van der Waals surface area contributed by atoms with Crippen LogP contribution >= 0.6 is 0 Å². The van der Waals surface area contributed by atoms with Gasteiger partial charge in [-0.2, -0.15) is 0 Å². The SMILES string of the molecule is COc1cccc(-c2cc(F)c([NH3+])c(F)c2)c1.[CH3-]. The largest absolute Gasteiger partial charge is 0.497 e. The third-order valence-electron chi connectivity index (χ3n) is 2.54. The highest BCUT2D eigenvalue weighted by Gasteiger charge is 2.12. The highest BCUT2D eigenvalue weighted by Crippen LogP contribution is 2.27. The number of ether oxygens (including phenoxy) is 1. The van der Waals surface area contributed by atoms with E-state index < -0.39 is 11.6 Å². The summed E-state index contributed by atoms with van der Waals surface area (Å²) in [6, 6.07) is 9.55. The van der Waals surface area contributed by atoms with Gasteiger partial charge in [0.05, 0.1) is 7.11 Å². The third-order valence-corrected chi connectivity index (χ3v) is 2.54. The van der Waals surface area contributed by atoms with Crippen LogP contribution in [0.15, 0.2) is 36.4 Å². The van der Waals surface area contributed by atoms with E-state index in [1.165, 1.54) is 12.1 Å². The van der Waals surface area contributed by atoms with E-state index in [2.05, 4.69) is 5.73 Å². The fourth-order valence-corrected chi connectivity index (χ4v) is 1.57. The second kappa shape index (κ2) is 5.60.